The number of aliphatic carboxylic acids is 1. The Kier molecular flexibility index (Phi) is 6.63. The average Bonchev–Trinajstić information content (AvgIpc) is 2.53. The van der Waals surface area contributed by atoms with E-state index in [2.05, 4.69) is 5.32 Å². The van der Waals surface area contributed by atoms with Crippen molar-refractivity contribution in [1.82, 2.24) is 15.5 Å². The largest absolute Gasteiger partial charge is 0.480 e. The number of halogens is 4. The smallest absolute Gasteiger partial charge is 0.412 e. The first kappa shape index (κ1) is 20.9. The third-order valence-corrected chi connectivity index (χ3v) is 4.52. The van der Waals surface area contributed by atoms with Crippen LogP contribution in [0.2, 0.25) is 0 Å². The van der Waals surface area contributed by atoms with Gasteiger partial charge in [-0.3, -0.25) is 9.69 Å². The van der Waals surface area contributed by atoms with Crippen molar-refractivity contribution in [2.45, 2.75) is 44.1 Å². The summed E-state index contributed by atoms with van der Waals surface area (Å²) < 4.78 is 52.6. The van der Waals surface area contributed by atoms with Gasteiger partial charge in [0.05, 0.1) is 6.54 Å². The molecule has 0 bridgehead atoms. The number of alkyl halides is 3. The van der Waals surface area contributed by atoms with Crippen LogP contribution in [0.5, 0.6) is 0 Å². The lowest BCUT2D eigenvalue weighted by Gasteiger charge is -2.42. The van der Waals surface area contributed by atoms with Crippen LogP contribution < -0.4 is 10.6 Å². The zero-order valence-corrected chi connectivity index (χ0v) is 14.6. The standard InChI is InChI=1S/C17H21F4N3O3/c1-2-24(9-14(25)26)13-7-12(8-13)22-16(27)23-15(17(19,20)21)10-3-5-11(18)6-4-10/h3-6,12-13,15H,2,7-9H2,1H3,(H,25,26)(H2,22,23,27)/t12?,13?,15-/m1/s1. The number of carboxylic acid groups (broad SMARTS) is 1. The molecule has 1 saturated carbocycles. The predicted octanol–water partition coefficient (Wildman–Crippen LogP) is 2.67. The predicted molar refractivity (Wildman–Crippen MR) is 88.6 cm³/mol. The van der Waals surface area contributed by atoms with Crippen LogP contribution in [-0.2, 0) is 4.79 Å². The minimum Gasteiger partial charge on any atom is -0.480 e. The Labute approximate surface area is 153 Å². The molecular weight excluding hydrogens is 370 g/mol. The summed E-state index contributed by atoms with van der Waals surface area (Å²) in [5, 5.41) is 13.2. The third kappa shape index (κ3) is 5.81. The fourth-order valence-corrected chi connectivity index (χ4v) is 3.04. The molecule has 150 valence electrons. The van der Waals surface area contributed by atoms with Gasteiger partial charge in [-0.1, -0.05) is 19.1 Å². The summed E-state index contributed by atoms with van der Waals surface area (Å²) in [4.78, 5) is 24.5. The van der Waals surface area contributed by atoms with E-state index in [9.17, 15) is 27.2 Å². The normalized spacial score (nSPS) is 20.7. The van der Waals surface area contributed by atoms with E-state index in [4.69, 9.17) is 5.11 Å². The van der Waals surface area contributed by atoms with E-state index in [0.717, 1.165) is 24.3 Å². The summed E-state index contributed by atoms with van der Waals surface area (Å²) in [6, 6.07) is 0.125. The van der Waals surface area contributed by atoms with Crippen LogP contribution in [0.1, 0.15) is 31.4 Å². The molecule has 1 aromatic carbocycles. The maximum Gasteiger partial charge on any atom is 0.412 e. The second kappa shape index (κ2) is 8.55. The molecule has 1 atom stereocenters. The highest BCUT2D eigenvalue weighted by Gasteiger charge is 2.42. The topological polar surface area (TPSA) is 81.7 Å². The molecule has 0 radical (unpaired) electrons. The molecular formula is C17H21F4N3O3. The van der Waals surface area contributed by atoms with Crippen molar-refractivity contribution in [3.8, 4) is 0 Å². The van der Waals surface area contributed by atoms with Gasteiger partial charge in [0.25, 0.3) is 0 Å². The Morgan fingerprint density at radius 3 is 2.33 bits per heavy atom. The third-order valence-electron chi connectivity index (χ3n) is 4.52. The number of hydrogen-bond acceptors (Lipinski definition) is 3. The first-order valence-electron chi connectivity index (χ1n) is 8.45. The fraction of sp³-hybridized carbons (Fsp3) is 0.529. The van der Waals surface area contributed by atoms with E-state index in [1.807, 2.05) is 12.2 Å². The summed E-state index contributed by atoms with van der Waals surface area (Å²) in [5.74, 6) is -1.63. The van der Waals surface area contributed by atoms with Crippen LogP contribution in [-0.4, -0.2) is 53.4 Å². The lowest BCUT2D eigenvalue weighted by molar-refractivity contribution is -0.155. The first-order chi connectivity index (χ1) is 12.6. The van der Waals surface area contributed by atoms with Crippen LogP contribution in [0.4, 0.5) is 22.4 Å². The van der Waals surface area contributed by atoms with Crippen molar-refractivity contribution in [2.24, 2.45) is 0 Å². The monoisotopic (exact) mass is 391 g/mol. The number of amides is 2. The second-order valence-corrected chi connectivity index (χ2v) is 6.42. The van der Waals surface area contributed by atoms with E-state index in [-0.39, 0.29) is 24.2 Å². The van der Waals surface area contributed by atoms with E-state index in [1.165, 1.54) is 0 Å². The molecule has 2 amide bonds. The number of urea groups is 1. The lowest BCUT2D eigenvalue weighted by atomic mass is 9.85. The van der Waals surface area contributed by atoms with E-state index in [0.29, 0.717) is 19.4 Å². The molecule has 27 heavy (non-hydrogen) atoms. The van der Waals surface area contributed by atoms with Crippen molar-refractivity contribution >= 4 is 12.0 Å². The molecule has 2 rings (SSSR count). The minimum atomic E-state index is -4.74. The van der Waals surface area contributed by atoms with E-state index >= 15 is 0 Å². The van der Waals surface area contributed by atoms with Gasteiger partial charge in [-0.25, -0.2) is 9.18 Å². The first-order valence-corrected chi connectivity index (χ1v) is 8.45. The summed E-state index contributed by atoms with van der Waals surface area (Å²) in [6.07, 6.45) is -3.82. The fourth-order valence-electron chi connectivity index (χ4n) is 3.04. The Bertz CT molecular complexity index is 660. The maximum atomic E-state index is 13.2. The van der Waals surface area contributed by atoms with Crippen LogP contribution in [0, 0.1) is 5.82 Å². The number of likely N-dealkylation sites (N-methyl/N-ethyl adjacent to an activating group) is 1. The van der Waals surface area contributed by atoms with Gasteiger partial charge in [0.2, 0.25) is 0 Å². The molecule has 0 unspecified atom stereocenters. The van der Waals surface area contributed by atoms with Gasteiger partial charge in [0.1, 0.15) is 5.82 Å². The number of benzene rings is 1. The molecule has 1 fully saturated rings. The summed E-state index contributed by atoms with van der Waals surface area (Å²) in [7, 11) is 0. The van der Waals surface area contributed by atoms with Crippen molar-refractivity contribution in [1.29, 1.82) is 0 Å². The second-order valence-electron chi connectivity index (χ2n) is 6.42. The van der Waals surface area contributed by atoms with Crippen molar-refractivity contribution < 1.29 is 32.3 Å². The highest BCUT2D eigenvalue weighted by atomic mass is 19.4. The van der Waals surface area contributed by atoms with Gasteiger partial charge in [-0.05, 0) is 37.1 Å². The molecule has 0 aromatic heterocycles. The van der Waals surface area contributed by atoms with Gasteiger partial charge in [-0.2, -0.15) is 13.2 Å². The highest BCUT2D eigenvalue weighted by Crippen LogP contribution is 2.33. The minimum absolute atomic E-state index is 0.0353. The molecule has 10 heteroatoms. The average molecular weight is 391 g/mol. The van der Waals surface area contributed by atoms with Gasteiger partial charge >= 0.3 is 18.2 Å². The van der Waals surface area contributed by atoms with Gasteiger partial charge in [-0.15, -0.1) is 0 Å². The van der Waals surface area contributed by atoms with Crippen LogP contribution in [0.15, 0.2) is 24.3 Å². The van der Waals surface area contributed by atoms with Crippen molar-refractivity contribution in [3.05, 3.63) is 35.6 Å². The van der Waals surface area contributed by atoms with Crippen LogP contribution >= 0.6 is 0 Å². The summed E-state index contributed by atoms with van der Waals surface area (Å²) in [6.45, 7) is 2.21. The Balaban J connectivity index is 1.90. The molecule has 0 aliphatic heterocycles. The number of hydrogen-bond donors (Lipinski definition) is 3. The molecule has 0 spiro atoms. The SMILES string of the molecule is CCN(CC(=O)O)C1CC(NC(=O)N[C@H](c2ccc(F)cc2)C(F)(F)F)C1. The molecule has 3 N–H and O–H groups in total. The number of nitrogens with zero attached hydrogens (tertiary/aromatic N) is 1. The van der Waals surface area contributed by atoms with Crippen molar-refractivity contribution in [2.75, 3.05) is 13.1 Å². The maximum absolute atomic E-state index is 13.2. The lowest BCUT2D eigenvalue weighted by Crippen LogP contribution is -2.57. The number of nitrogens with one attached hydrogen (secondary N) is 2. The van der Waals surface area contributed by atoms with E-state index in [1.54, 1.807) is 4.90 Å². The molecule has 6 nitrogen and oxygen atoms in total. The number of carboxylic acids is 1. The number of rotatable bonds is 7. The summed E-state index contributed by atoms with van der Waals surface area (Å²) >= 11 is 0. The Morgan fingerprint density at radius 2 is 1.85 bits per heavy atom. The van der Waals surface area contributed by atoms with Crippen LogP contribution in [0.3, 0.4) is 0 Å². The van der Waals surface area contributed by atoms with Crippen molar-refractivity contribution in [3.63, 3.8) is 0 Å². The zero-order chi connectivity index (χ0) is 20.2. The van der Waals surface area contributed by atoms with Gasteiger partial charge in [0.15, 0.2) is 6.04 Å². The Hall–Kier alpha value is -2.36. The zero-order valence-electron chi connectivity index (χ0n) is 14.6. The van der Waals surface area contributed by atoms with Crippen LogP contribution in [0.25, 0.3) is 0 Å². The van der Waals surface area contributed by atoms with Gasteiger partial charge in [0, 0.05) is 12.1 Å². The van der Waals surface area contributed by atoms with Gasteiger partial charge < -0.3 is 15.7 Å². The Morgan fingerprint density at radius 1 is 1.26 bits per heavy atom. The quantitative estimate of drug-likeness (QED) is 0.625. The number of carbonyl (C=O) groups excluding carboxylic acids is 1. The summed E-state index contributed by atoms with van der Waals surface area (Å²) in [5.41, 5.74) is -0.274. The highest BCUT2D eigenvalue weighted by molar-refractivity contribution is 5.75. The number of carbonyl (C=O) groups is 2. The molecule has 0 saturated heterocycles. The molecule has 1 aromatic rings. The molecule has 1 aliphatic carbocycles. The molecule has 1 aliphatic rings. The van der Waals surface area contributed by atoms with E-state index < -0.39 is 30.0 Å². The molecule has 0 heterocycles.